The molecule has 0 amide bonds. The summed E-state index contributed by atoms with van der Waals surface area (Å²) in [7, 11) is 6.15. The first-order chi connectivity index (χ1) is 5.33. The van der Waals surface area contributed by atoms with Crippen molar-refractivity contribution in [3.8, 4) is 0 Å². The Morgan fingerprint density at radius 1 is 1.38 bits per heavy atom. The summed E-state index contributed by atoms with van der Waals surface area (Å²) in [6, 6.07) is 0. The molecule has 0 saturated carbocycles. The fourth-order valence-corrected chi connectivity index (χ4v) is 0.535. The summed E-state index contributed by atoms with van der Waals surface area (Å²) in [4.78, 5) is 10.9. The van der Waals surface area contributed by atoms with Crippen LogP contribution in [0.5, 0.6) is 0 Å². The number of esters is 1. The summed E-state index contributed by atoms with van der Waals surface area (Å²) in [5.74, 6) is -0.302. The van der Waals surface area contributed by atoms with Crippen LogP contribution in [0.25, 0.3) is 0 Å². The van der Waals surface area contributed by atoms with Gasteiger partial charge in [0.15, 0.2) is 0 Å². The normalized spacial score (nSPS) is 10.2. The summed E-state index contributed by atoms with van der Waals surface area (Å²) in [6.07, 6.45) is 0. The molecule has 0 saturated heterocycles. The smallest absolute Gasteiger partial charge is 0.456 e. The van der Waals surface area contributed by atoms with Crippen molar-refractivity contribution in [1.82, 2.24) is 0 Å². The molecule has 0 bridgehead atoms. The molecular formula is C9H18BrNO2+2. The van der Waals surface area contributed by atoms with Crippen molar-refractivity contribution in [2.24, 2.45) is 0 Å². The van der Waals surface area contributed by atoms with Crippen LogP contribution in [0.4, 0.5) is 0 Å². The van der Waals surface area contributed by atoms with Gasteiger partial charge in [-0.05, 0) is 6.92 Å². The van der Waals surface area contributed by atoms with Crippen molar-refractivity contribution in [3.63, 3.8) is 0 Å². The van der Waals surface area contributed by atoms with E-state index in [0.29, 0.717) is 12.2 Å². The van der Waals surface area contributed by atoms with Crippen LogP contribution in [-0.4, -0.2) is 44.7 Å². The molecule has 0 aliphatic rings. The third-order valence-corrected chi connectivity index (χ3v) is 1.34. The van der Waals surface area contributed by atoms with Crippen molar-refractivity contribution in [2.75, 3.05) is 34.3 Å². The van der Waals surface area contributed by atoms with Crippen LogP contribution in [0.3, 0.4) is 0 Å². The molecule has 0 heterocycles. The zero-order chi connectivity index (χ0) is 9.78. The molecule has 2 radical (unpaired) electrons. The van der Waals surface area contributed by atoms with Crippen LogP contribution in [0.1, 0.15) is 6.92 Å². The van der Waals surface area contributed by atoms with Gasteiger partial charge in [-0.1, -0.05) is 6.58 Å². The van der Waals surface area contributed by atoms with Crippen molar-refractivity contribution >= 4 is 5.97 Å². The summed E-state index contributed by atoms with van der Waals surface area (Å²) in [5, 5.41) is 0. The number of carbonyl (C=O) groups is 1. The zero-order valence-electron chi connectivity index (χ0n) is 8.76. The zero-order valence-corrected chi connectivity index (χ0v) is 10.3. The Kier molecular flexibility index (Phi) is 7.17. The minimum Gasteiger partial charge on any atom is -0.456 e. The van der Waals surface area contributed by atoms with Gasteiger partial charge in [0.1, 0.15) is 13.2 Å². The number of rotatable bonds is 4. The lowest BCUT2D eigenvalue weighted by atomic mass is 10.4. The van der Waals surface area contributed by atoms with Gasteiger partial charge in [-0.15, -0.1) is 0 Å². The number of hydrogen-bond donors (Lipinski definition) is 0. The Hall–Kier alpha value is -0.350. The Morgan fingerprint density at radius 3 is 2.15 bits per heavy atom. The maximum absolute atomic E-state index is 10.9. The van der Waals surface area contributed by atoms with Gasteiger partial charge in [0.25, 0.3) is 0 Å². The first kappa shape index (κ1) is 15.1. The van der Waals surface area contributed by atoms with Crippen LogP contribution >= 0.6 is 0 Å². The van der Waals surface area contributed by atoms with Gasteiger partial charge >= 0.3 is 23.0 Å². The number of quaternary nitrogens is 1. The quantitative estimate of drug-likeness (QED) is 0.420. The Bertz CT molecular complexity index is 185. The molecule has 0 N–H and O–H groups in total. The van der Waals surface area contributed by atoms with Crippen molar-refractivity contribution in [1.29, 1.82) is 0 Å². The summed E-state index contributed by atoms with van der Waals surface area (Å²) in [6.45, 7) is 6.41. The molecule has 0 spiro atoms. The second-order valence-corrected chi connectivity index (χ2v) is 3.93. The van der Waals surface area contributed by atoms with Gasteiger partial charge in [0, 0.05) is 5.57 Å². The van der Waals surface area contributed by atoms with Gasteiger partial charge in [0.2, 0.25) is 0 Å². The van der Waals surface area contributed by atoms with Gasteiger partial charge in [-0.3, -0.25) is 0 Å². The lowest BCUT2D eigenvalue weighted by molar-refractivity contribution is -0.870. The van der Waals surface area contributed by atoms with E-state index in [1.807, 2.05) is 0 Å². The summed E-state index contributed by atoms with van der Waals surface area (Å²) >= 11 is 0. The third-order valence-electron chi connectivity index (χ3n) is 1.34. The minimum absolute atomic E-state index is 0. The minimum atomic E-state index is -0.302. The first-order valence-electron chi connectivity index (χ1n) is 3.96. The van der Waals surface area contributed by atoms with Crippen molar-refractivity contribution in [2.45, 2.75) is 6.92 Å². The highest BCUT2D eigenvalue weighted by Crippen LogP contribution is 1.94. The largest absolute Gasteiger partial charge is 1.00 e. The first-order valence-corrected chi connectivity index (χ1v) is 3.96. The molecule has 0 aromatic rings. The Morgan fingerprint density at radius 2 is 1.85 bits per heavy atom. The predicted molar refractivity (Wildman–Crippen MR) is 48.7 cm³/mol. The average Bonchev–Trinajstić information content (AvgIpc) is 1.84. The molecule has 13 heavy (non-hydrogen) atoms. The third kappa shape index (κ3) is 9.56. The van der Waals surface area contributed by atoms with Crippen molar-refractivity contribution < 1.29 is 31.0 Å². The maximum Gasteiger partial charge on any atom is 1.00 e. The Labute approximate surface area is 90.7 Å². The number of likely N-dealkylation sites (N-methyl/N-ethyl adjacent to an activating group) is 1. The standard InChI is InChI=1S/C9H18NO2.Br/c1-8(2)9(11)12-7-6-10(3,4)5;/h1,6-7H2,2-5H3;/q2*+1. The van der Waals surface area contributed by atoms with Crippen molar-refractivity contribution in [3.05, 3.63) is 12.2 Å². The number of halogens is 1. The van der Waals surface area contributed by atoms with E-state index in [9.17, 15) is 4.79 Å². The second-order valence-electron chi connectivity index (χ2n) is 3.93. The van der Waals surface area contributed by atoms with E-state index in [1.165, 1.54) is 0 Å². The summed E-state index contributed by atoms with van der Waals surface area (Å²) < 4.78 is 5.72. The van der Waals surface area contributed by atoms with E-state index in [-0.39, 0.29) is 23.0 Å². The molecule has 0 aliphatic carbocycles. The van der Waals surface area contributed by atoms with Gasteiger partial charge < -0.3 is 9.22 Å². The lowest BCUT2D eigenvalue weighted by Gasteiger charge is -2.23. The molecule has 76 valence electrons. The molecule has 0 unspecified atom stereocenters. The molecule has 0 rings (SSSR count). The van der Waals surface area contributed by atoms with Crippen LogP contribution in [0, 0.1) is 17.0 Å². The predicted octanol–water partition coefficient (Wildman–Crippen LogP) is 0.812. The molecule has 4 heteroatoms. The molecule has 0 aromatic heterocycles. The van der Waals surface area contributed by atoms with Crippen LogP contribution in [-0.2, 0) is 9.53 Å². The average molecular weight is 252 g/mol. The molecular weight excluding hydrogens is 234 g/mol. The number of carbonyl (C=O) groups excluding carboxylic acids is 1. The fourth-order valence-electron chi connectivity index (χ4n) is 0.535. The van der Waals surface area contributed by atoms with Gasteiger partial charge in [-0.2, -0.15) is 0 Å². The maximum atomic E-state index is 10.9. The van der Waals surface area contributed by atoms with Crippen LogP contribution in [0.2, 0.25) is 0 Å². The number of nitrogens with zero attached hydrogens (tertiary/aromatic N) is 1. The van der Waals surface area contributed by atoms with E-state index in [2.05, 4.69) is 27.7 Å². The molecule has 0 aromatic carbocycles. The molecule has 0 aliphatic heterocycles. The number of ether oxygens (including phenoxy) is 1. The highest BCUT2D eigenvalue weighted by molar-refractivity contribution is 5.86. The topological polar surface area (TPSA) is 26.3 Å². The monoisotopic (exact) mass is 251 g/mol. The van der Waals surface area contributed by atoms with E-state index >= 15 is 0 Å². The SMILES string of the molecule is C=C(C)C(=O)OCC[N+](C)(C)C.[Br+]. The highest BCUT2D eigenvalue weighted by atomic mass is 79.9. The lowest BCUT2D eigenvalue weighted by Crippen LogP contribution is -2.38. The highest BCUT2D eigenvalue weighted by Gasteiger charge is 2.09. The van der Waals surface area contributed by atoms with E-state index in [1.54, 1.807) is 6.92 Å². The fraction of sp³-hybridized carbons (Fsp3) is 0.667. The summed E-state index contributed by atoms with van der Waals surface area (Å²) in [5.41, 5.74) is 0.455. The van der Waals surface area contributed by atoms with Gasteiger partial charge in [0.05, 0.1) is 21.1 Å². The molecule has 0 fully saturated rings. The number of hydrogen-bond acceptors (Lipinski definition) is 2. The van der Waals surface area contributed by atoms with Crippen LogP contribution < -0.4 is 0 Å². The van der Waals surface area contributed by atoms with E-state index in [4.69, 9.17) is 4.74 Å². The van der Waals surface area contributed by atoms with E-state index in [0.717, 1.165) is 11.0 Å². The Balaban J connectivity index is 0. The molecule has 0 atom stereocenters. The van der Waals surface area contributed by atoms with Gasteiger partial charge in [-0.25, -0.2) is 4.79 Å². The van der Waals surface area contributed by atoms with E-state index < -0.39 is 0 Å². The second kappa shape index (κ2) is 6.16. The van der Waals surface area contributed by atoms with Crippen LogP contribution in [0.15, 0.2) is 12.2 Å². The molecule has 3 nitrogen and oxygen atoms in total.